The molecular formula is C19H14F6N2OS. The quantitative estimate of drug-likeness (QED) is 0.614. The van der Waals surface area contributed by atoms with Gasteiger partial charge in [-0.25, -0.2) is 0 Å². The molecule has 10 heteroatoms. The minimum absolute atomic E-state index is 0.0565. The topological polar surface area (TPSA) is 23.6 Å². The van der Waals surface area contributed by atoms with Crippen LogP contribution in [0.4, 0.5) is 37.7 Å². The van der Waals surface area contributed by atoms with E-state index >= 15 is 0 Å². The average molecular weight is 432 g/mol. The maximum Gasteiger partial charge on any atom is 0.416 e. The lowest BCUT2D eigenvalue weighted by molar-refractivity contribution is -0.138. The number of anilines is 2. The Morgan fingerprint density at radius 2 is 1.62 bits per heavy atom. The van der Waals surface area contributed by atoms with E-state index in [0.29, 0.717) is 17.3 Å². The molecule has 2 aliphatic heterocycles. The summed E-state index contributed by atoms with van der Waals surface area (Å²) in [6, 6.07) is 7.08. The number of nitrogens with zero attached hydrogens (tertiary/aromatic N) is 2. The molecule has 2 heterocycles. The monoisotopic (exact) mass is 432 g/mol. The molecule has 2 aliphatic rings. The summed E-state index contributed by atoms with van der Waals surface area (Å²) in [5.74, 6) is 0.518. The van der Waals surface area contributed by atoms with Crippen LogP contribution in [0.3, 0.4) is 0 Å². The van der Waals surface area contributed by atoms with Gasteiger partial charge in [0.2, 0.25) is 0 Å². The normalized spacial score (nSPS) is 19.4. The lowest BCUT2D eigenvalue weighted by Gasteiger charge is -2.39. The molecule has 0 bridgehead atoms. The highest BCUT2D eigenvalue weighted by Crippen LogP contribution is 2.44. The first-order valence-electron chi connectivity index (χ1n) is 8.59. The molecular weight excluding hydrogens is 418 g/mol. The van der Waals surface area contributed by atoms with Gasteiger partial charge in [-0.15, -0.1) is 11.8 Å². The van der Waals surface area contributed by atoms with Crippen molar-refractivity contribution < 1.29 is 31.1 Å². The van der Waals surface area contributed by atoms with Crippen LogP contribution in [0, 0.1) is 0 Å². The summed E-state index contributed by atoms with van der Waals surface area (Å²) in [5.41, 5.74) is -1.07. The van der Waals surface area contributed by atoms with Crippen molar-refractivity contribution in [1.29, 1.82) is 0 Å². The van der Waals surface area contributed by atoms with Crippen LogP contribution in [0.25, 0.3) is 0 Å². The van der Waals surface area contributed by atoms with Crippen LogP contribution in [0.1, 0.15) is 16.7 Å². The molecule has 1 fully saturated rings. The Hall–Kier alpha value is -2.36. The zero-order valence-electron chi connectivity index (χ0n) is 14.7. The van der Waals surface area contributed by atoms with E-state index in [1.165, 1.54) is 30.0 Å². The van der Waals surface area contributed by atoms with Gasteiger partial charge in [0.15, 0.2) is 0 Å². The Bertz CT molecular complexity index is 958. The molecule has 3 nitrogen and oxygen atoms in total. The molecule has 0 aliphatic carbocycles. The lowest BCUT2D eigenvalue weighted by atomic mass is 10.0. The van der Waals surface area contributed by atoms with Crippen molar-refractivity contribution in [3.05, 3.63) is 59.2 Å². The fraction of sp³-hybridized carbons (Fsp3) is 0.316. The molecule has 1 saturated heterocycles. The summed E-state index contributed by atoms with van der Waals surface area (Å²) in [6.45, 7) is -0.244. The van der Waals surface area contributed by atoms with Gasteiger partial charge >= 0.3 is 12.4 Å². The van der Waals surface area contributed by atoms with Crippen LogP contribution in [0.15, 0.2) is 42.5 Å². The van der Waals surface area contributed by atoms with E-state index in [9.17, 15) is 31.1 Å². The smallest absolute Gasteiger partial charge is 0.348 e. The fourth-order valence-electron chi connectivity index (χ4n) is 3.53. The van der Waals surface area contributed by atoms with Crippen molar-refractivity contribution in [2.75, 3.05) is 21.4 Å². The molecule has 0 unspecified atom stereocenters. The van der Waals surface area contributed by atoms with E-state index in [0.717, 1.165) is 29.2 Å². The van der Waals surface area contributed by atoms with Crippen LogP contribution < -0.4 is 9.80 Å². The fourth-order valence-corrected chi connectivity index (χ4v) is 4.70. The maximum atomic E-state index is 13.2. The van der Waals surface area contributed by atoms with Gasteiger partial charge in [-0.2, -0.15) is 26.3 Å². The molecule has 154 valence electrons. The third-order valence-corrected chi connectivity index (χ3v) is 5.94. The molecule has 0 saturated carbocycles. The number of amides is 1. The minimum atomic E-state index is -4.60. The molecule has 29 heavy (non-hydrogen) atoms. The summed E-state index contributed by atoms with van der Waals surface area (Å²) in [6.07, 6.45) is -9.15. The molecule has 2 aromatic rings. The first-order chi connectivity index (χ1) is 13.6. The number of carbonyl (C=O) groups excluding carboxylic acids is 1. The second kappa shape index (κ2) is 6.86. The van der Waals surface area contributed by atoms with E-state index in [4.69, 9.17) is 0 Å². The SMILES string of the molecule is O=C1[C@H]2CSCN2c2ccc(C(F)(F)F)cc2N1Cc1cccc(C(F)(F)F)c1. The number of fused-ring (bicyclic) bond motifs is 3. The number of rotatable bonds is 2. The largest absolute Gasteiger partial charge is 0.416 e. The predicted molar refractivity (Wildman–Crippen MR) is 97.7 cm³/mol. The molecule has 2 aromatic carbocycles. The number of carbonyl (C=O) groups is 1. The van der Waals surface area contributed by atoms with E-state index in [1.54, 1.807) is 4.90 Å². The van der Waals surface area contributed by atoms with E-state index in [1.807, 2.05) is 0 Å². The van der Waals surface area contributed by atoms with Gasteiger partial charge < -0.3 is 9.80 Å². The predicted octanol–water partition coefficient (Wildman–Crippen LogP) is 5.15. The molecule has 0 N–H and O–H groups in total. The van der Waals surface area contributed by atoms with E-state index < -0.39 is 35.4 Å². The second-order valence-electron chi connectivity index (χ2n) is 6.81. The van der Waals surface area contributed by atoms with Gasteiger partial charge in [0.1, 0.15) is 6.04 Å². The van der Waals surface area contributed by atoms with Gasteiger partial charge in [0.25, 0.3) is 5.91 Å². The first-order valence-corrected chi connectivity index (χ1v) is 9.74. The number of hydrogen-bond donors (Lipinski definition) is 0. The molecule has 4 rings (SSSR count). The first kappa shape index (κ1) is 19.9. The summed E-state index contributed by atoms with van der Waals surface area (Å²) in [5, 5.41) is 0. The maximum absolute atomic E-state index is 13.2. The Morgan fingerprint density at radius 1 is 0.931 bits per heavy atom. The molecule has 0 radical (unpaired) electrons. The number of benzene rings is 2. The number of halogens is 6. The van der Waals surface area contributed by atoms with Gasteiger partial charge in [-0.1, -0.05) is 12.1 Å². The van der Waals surface area contributed by atoms with Gasteiger partial charge in [-0.05, 0) is 35.9 Å². The highest BCUT2D eigenvalue weighted by molar-refractivity contribution is 7.99. The Kier molecular flexibility index (Phi) is 4.71. The van der Waals surface area contributed by atoms with Crippen molar-refractivity contribution in [3.8, 4) is 0 Å². The standard InChI is InChI=1S/C19H14F6N2OS/c20-18(21,22)12-3-1-2-11(6-12)8-26-15-7-13(19(23,24)25)4-5-14(15)27-10-29-9-16(27)17(26)28/h1-7,16H,8-10H2/t16-/m1/s1. The van der Waals surface area contributed by atoms with Gasteiger partial charge in [0.05, 0.1) is 34.9 Å². The van der Waals surface area contributed by atoms with Crippen molar-refractivity contribution in [2.24, 2.45) is 0 Å². The molecule has 0 spiro atoms. The van der Waals surface area contributed by atoms with Crippen LogP contribution in [-0.4, -0.2) is 23.6 Å². The van der Waals surface area contributed by atoms with Crippen LogP contribution in [0.5, 0.6) is 0 Å². The van der Waals surface area contributed by atoms with Crippen molar-refractivity contribution >= 4 is 29.0 Å². The zero-order chi connectivity index (χ0) is 21.0. The lowest BCUT2D eigenvalue weighted by Crippen LogP contribution is -2.51. The summed E-state index contributed by atoms with van der Waals surface area (Å²) < 4.78 is 78.7. The van der Waals surface area contributed by atoms with E-state index in [-0.39, 0.29) is 17.8 Å². The zero-order valence-corrected chi connectivity index (χ0v) is 15.5. The van der Waals surface area contributed by atoms with E-state index in [2.05, 4.69) is 0 Å². The highest BCUT2D eigenvalue weighted by atomic mass is 32.2. The van der Waals surface area contributed by atoms with Crippen molar-refractivity contribution in [1.82, 2.24) is 0 Å². The van der Waals surface area contributed by atoms with Crippen LogP contribution >= 0.6 is 11.8 Å². The number of thioether (sulfide) groups is 1. The second-order valence-corrected chi connectivity index (χ2v) is 7.81. The molecule has 1 amide bonds. The Labute approximate surface area is 166 Å². The Balaban J connectivity index is 1.77. The summed E-state index contributed by atoms with van der Waals surface area (Å²) in [4.78, 5) is 15.9. The van der Waals surface area contributed by atoms with Crippen LogP contribution in [0.2, 0.25) is 0 Å². The Morgan fingerprint density at radius 3 is 2.31 bits per heavy atom. The van der Waals surface area contributed by atoms with Gasteiger partial charge in [-0.3, -0.25) is 4.79 Å². The molecule has 1 atom stereocenters. The summed E-state index contributed by atoms with van der Waals surface area (Å²) >= 11 is 1.48. The van der Waals surface area contributed by atoms with Crippen molar-refractivity contribution in [2.45, 2.75) is 24.9 Å². The van der Waals surface area contributed by atoms with Crippen molar-refractivity contribution in [3.63, 3.8) is 0 Å². The third-order valence-electron chi connectivity index (χ3n) is 4.93. The third kappa shape index (κ3) is 3.65. The summed E-state index contributed by atoms with van der Waals surface area (Å²) in [7, 11) is 0. The highest BCUT2D eigenvalue weighted by Gasteiger charge is 2.43. The van der Waals surface area contributed by atoms with Crippen LogP contribution in [-0.2, 0) is 23.7 Å². The number of alkyl halides is 6. The molecule has 0 aromatic heterocycles. The average Bonchev–Trinajstić information content (AvgIpc) is 3.14. The van der Waals surface area contributed by atoms with Gasteiger partial charge in [0, 0.05) is 5.75 Å². The minimum Gasteiger partial charge on any atom is -0.348 e. The number of hydrogen-bond acceptors (Lipinski definition) is 3.